The van der Waals surface area contributed by atoms with Gasteiger partial charge in [0.15, 0.2) is 9.47 Å². The van der Waals surface area contributed by atoms with Gasteiger partial charge in [0.05, 0.1) is 5.41 Å². The van der Waals surface area contributed by atoms with Gasteiger partial charge < -0.3 is 36.0 Å². The minimum Gasteiger partial charge on any atom is -0.427 e. The topological polar surface area (TPSA) is 227 Å². The predicted molar refractivity (Wildman–Crippen MR) is 165 cm³/mol. The normalized spacial score (nSPS) is 21.7. The van der Waals surface area contributed by atoms with Gasteiger partial charge in [0.2, 0.25) is 24.2 Å². The first-order valence-corrected chi connectivity index (χ1v) is 17.0. The lowest BCUT2D eigenvalue weighted by molar-refractivity contribution is -0.180. The Balaban J connectivity index is 1.44. The summed E-state index contributed by atoms with van der Waals surface area (Å²) < 4.78 is 15.2. The summed E-state index contributed by atoms with van der Waals surface area (Å²) in [7, 11) is 0. The fourth-order valence-electron chi connectivity index (χ4n) is 3.92. The molecule has 0 bridgehead atoms. The standard InChI is InChI=1S/C24H33N9O7S4/c1-12-29-30-22(43-12)42-10-24(20(37)39-11-38-19(36)23(2,3)4)8-33-17(35)14(18(33)41-9-24)27-16(34)13(31-40-7-5-6-25)15-28-21(26)44-32-15/h14,18H,5-11,25H2,1-4H3,(H,27,34)(H2,26,28,32)/t14?,18-,24?/m1/s1. The molecule has 2 aromatic rings. The summed E-state index contributed by atoms with van der Waals surface area (Å²) in [5.74, 6) is -1.77. The van der Waals surface area contributed by atoms with Crippen LogP contribution in [0, 0.1) is 17.8 Å². The Hall–Kier alpha value is -3.07. The van der Waals surface area contributed by atoms with E-state index >= 15 is 0 Å². The summed E-state index contributed by atoms with van der Waals surface area (Å²) >= 11 is 4.92. The number of fused-ring (bicyclic) bond motifs is 1. The molecule has 240 valence electrons. The largest absolute Gasteiger partial charge is 0.427 e. The van der Waals surface area contributed by atoms with Gasteiger partial charge in [0, 0.05) is 29.6 Å². The highest BCUT2D eigenvalue weighted by Crippen LogP contribution is 2.45. The molecule has 44 heavy (non-hydrogen) atoms. The Morgan fingerprint density at radius 2 is 2.02 bits per heavy atom. The average Bonchev–Trinajstić information content (AvgIpc) is 3.61. The molecule has 0 radical (unpaired) electrons. The van der Waals surface area contributed by atoms with Crippen LogP contribution in [0.3, 0.4) is 0 Å². The number of hydrogen-bond acceptors (Lipinski definition) is 18. The monoisotopic (exact) mass is 687 g/mol. The van der Waals surface area contributed by atoms with E-state index in [0.717, 1.165) is 16.5 Å². The first-order valence-electron chi connectivity index (χ1n) is 13.3. The van der Waals surface area contributed by atoms with Gasteiger partial charge in [-0.2, -0.15) is 9.36 Å². The summed E-state index contributed by atoms with van der Waals surface area (Å²) in [5.41, 5.74) is 9.03. The Kier molecular flexibility index (Phi) is 11.0. The van der Waals surface area contributed by atoms with E-state index in [-0.39, 0.29) is 41.3 Å². The quantitative estimate of drug-likeness (QED) is 0.0499. The number of aryl methyl sites for hydroxylation is 1. The SMILES string of the molecule is Cc1nnc(SCC2(C(=O)OCOC(=O)C(C)(C)C)CS[C@@H]3C(NC(=O)C(=NOCCCN)c4nsc(N)n4)C(=O)N3C2)s1. The van der Waals surface area contributed by atoms with Crippen LogP contribution in [0.5, 0.6) is 0 Å². The minimum atomic E-state index is -1.14. The second kappa shape index (κ2) is 14.4. The van der Waals surface area contributed by atoms with Crippen LogP contribution in [0.4, 0.5) is 5.13 Å². The molecule has 2 unspecified atom stereocenters. The maximum atomic E-state index is 13.5. The van der Waals surface area contributed by atoms with Crippen molar-refractivity contribution in [3.8, 4) is 0 Å². The predicted octanol–water partition coefficient (Wildman–Crippen LogP) is 0.618. The number of carbonyl (C=O) groups is 4. The van der Waals surface area contributed by atoms with Crippen LogP contribution in [0.25, 0.3) is 0 Å². The smallest absolute Gasteiger partial charge is 0.318 e. The summed E-state index contributed by atoms with van der Waals surface area (Å²) in [4.78, 5) is 62.9. The van der Waals surface area contributed by atoms with E-state index in [1.165, 1.54) is 39.8 Å². The third-order valence-corrected chi connectivity index (χ3v) is 10.7. The van der Waals surface area contributed by atoms with Gasteiger partial charge >= 0.3 is 11.9 Å². The molecule has 0 spiro atoms. The van der Waals surface area contributed by atoms with Gasteiger partial charge in [-0.05, 0) is 40.7 Å². The molecule has 0 aromatic carbocycles. The molecule has 16 nitrogen and oxygen atoms in total. The van der Waals surface area contributed by atoms with E-state index < -0.39 is 52.8 Å². The molecule has 4 heterocycles. The van der Waals surface area contributed by atoms with E-state index in [0.29, 0.717) is 17.3 Å². The third kappa shape index (κ3) is 7.95. The van der Waals surface area contributed by atoms with Crippen LogP contribution in [0.2, 0.25) is 0 Å². The summed E-state index contributed by atoms with van der Waals surface area (Å²) in [6.07, 6.45) is 0.514. The van der Waals surface area contributed by atoms with Crippen molar-refractivity contribution < 1.29 is 33.5 Å². The number of β-lactam (4-membered cyclic amide) rings is 1. The fourth-order valence-corrected chi connectivity index (χ4v) is 8.02. The van der Waals surface area contributed by atoms with Gasteiger partial charge in [0.25, 0.3) is 5.91 Å². The Morgan fingerprint density at radius 3 is 2.66 bits per heavy atom. The molecule has 0 aliphatic carbocycles. The average molecular weight is 688 g/mol. The van der Waals surface area contributed by atoms with Gasteiger partial charge in [-0.3, -0.25) is 19.2 Å². The van der Waals surface area contributed by atoms with Crippen LogP contribution >= 0.6 is 46.4 Å². The highest BCUT2D eigenvalue weighted by Gasteiger charge is 2.58. The van der Waals surface area contributed by atoms with Gasteiger partial charge in [-0.1, -0.05) is 28.3 Å². The number of anilines is 1. The number of rotatable bonds is 13. The van der Waals surface area contributed by atoms with Crippen LogP contribution < -0.4 is 16.8 Å². The van der Waals surface area contributed by atoms with Crippen molar-refractivity contribution in [3.63, 3.8) is 0 Å². The zero-order valence-electron chi connectivity index (χ0n) is 24.4. The Labute approximate surface area is 269 Å². The second-order valence-electron chi connectivity index (χ2n) is 10.9. The molecule has 4 rings (SSSR count). The number of esters is 2. The molecule has 20 heteroatoms. The van der Waals surface area contributed by atoms with Crippen molar-refractivity contribution in [2.24, 2.45) is 21.7 Å². The molecule has 2 aromatic heterocycles. The number of hydrogen-bond donors (Lipinski definition) is 3. The van der Waals surface area contributed by atoms with Crippen molar-refractivity contribution in [3.05, 3.63) is 10.8 Å². The second-order valence-corrected chi connectivity index (χ2v) is 15.2. The molecule has 2 saturated heterocycles. The number of carbonyl (C=O) groups excluding carboxylic acids is 4. The highest BCUT2D eigenvalue weighted by atomic mass is 32.2. The molecule has 3 atom stereocenters. The van der Waals surface area contributed by atoms with Gasteiger partial charge in [0.1, 0.15) is 28.4 Å². The third-order valence-electron chi connectivity index (χ3n) is 6.30. The van der Waals surface area contributed by atoms with E-state index in [2.05, 4.69) is 30.0 Å². The fraction of sp³-hybridized carbons (Fsp3) is 0.625. The van der Waals surface area contributed by atoms with Gasteiger partial charge in [-0.25, -0.2) is 0 Å². The number of amides is 2. The van der Waals surface area contributed by atoms with Crippen molar-refractivity contribution in [2.45, 2.75) is 49.9 Å². The number of nitrogens with one attached hydrogen (secondary N) is 1. The van der Waals surface area contributed by atoms with Crippen molar-refractivity contribution in [1.82, 2.24) is 29.8 Å². The minimum absolute atomic E-state index is 0.0278. The number of nitrogens with zero attached hydrogens (tertiary/aromatic N) is 6. The van der Waals surface area contributed by atoms with Crippen LogP contribution in [-0.2, 0) is 33.5 Å². The molecular weight excluding hydrogens is 655 g/mol. The first kappa shape index (κ1) is 33.8. The van der Waals surface area contributed by atoms with Crippen LogP contribution in [0.15, 0.2) is 9.50 Å². The van der Waals surface area contributed by atoms with Gasteiger partial charge in [-0.15, -0.1) is 22.0 Å². The molecular formula is C24H33N9O7S4. The highest BCUT2D eigenvalue weighted by molar-refractivity contribution is 8.01. The number of thioether (sulfide) groups is 2. The zero-order chi connectivity index (χ0) is 32.1. The summed E-state index contributed by atoms with van der Waals surface area (Å²) in [6, 6.07) is -0.891. The lowest BCUT2D eigenvalue weighted by atomic mass is 9.89. The molecule has 0 saturated carbocycles. The molecule has 5 N–H and O–H groups in total. The van der Waals surface area contributed by atoms with Crippen LogP contribution in [-0.4, -0.2) is 103 Å². The van der Waals surface area contributed by atoms with Crippen molar-refractivity contribution in [1.29, 1.82) is 0 Å². The van der Waals surface area contributed by atoms with Crippen molar-refractivity contribution in [2.75, 3.05) is 43.7 Å². The van der Waals surface area contributed by atoms with E-state index in [1.807, 2.05) is 6.92 Å². The summed E-state index contributed by atoms with van der Waals surface area (Å²) in [5, 5.41) is 15.2. The first-order chi connectivity index (χ1) is 20.8. The molecule has 2 aliphatic rings. The number of oxime groups is 1. The Morgan fingerprint density at radius 1 is 1.25 bits per heavy atom. The lowest BCUT2D eigenvalue weighted by Gasteiger charge is -2.54. The van der Waals surface area contributed by atoms with E-state index in [9.17, 15) is 19.2 Å². The number of ether oxygens (including phenoxy) is 2. The number of aromatic nitrogens is 4. The maximum absolute atomic E-state index is 13.5. The summed E-state index contributed by atoms with van der Waals surface area (Å²) in [6.45, 7) is 6.91. The zero-order valence-corrected chi connectivity index (χ0v) is 27.7. The Bertz CT molecular complexity index is 1410. The molecule has 2 amide bonds. The maximum Gasteiger partial charge on any atom is 0.318 e. The number of nitrogen functional groups attached to an aromatic ring is 1. The molecule has 2 aliphatic heterocycles. The molecule has 2 fully saturated rings. The lowest BCUT2D eigenvalue weighted by Crippen LogP contribution is -2.74. The van der Waals surface area contributed by atoms with E-state index in [4.69, 9.17) is 25.8 Å². The number of nitrogens with two attached hydrogens (primary N) is 2. The van der Waals surface area contributed by atoms with Crippen molar-refractivity contribution >= 4 is 81.0 Å². The van der Waals surface area contributed by atoms with Crippen LogP contribution in [0.1, 0.15) is 38.0 Å². The van der Waals surface area contributed by atoms with E-state index in [1.54, 1.807) is 20.8 Å².